The zero-order valence-corrected chi connectivity index (χ0v) is 14.5. The van der Waals surface area contributed by atoms with Crippen molar-refractivity contribution in [1.82, 2.24) is 0 Å². The summed E-state index contributed by atoms with van der Waals surface area (Å²) in [5.74, 6) is 0.883. The largest absolute Gasteiger partial charge is 0.496 e. The van der Waals surface area contributed by atoms with Crippen LogP contribution in [0, 0.1) is 5.82 Å². The second-order valence-corrected chi connectivity index (χ2v) is 6.06. The molecule has 0 bridgehead atoms. The van der Waals surface area contributed by atoms with E-state index in [1.54, 1.807) is 25.3 Å². The summed E-state index contributed by atoms with van der Waals surface area (Å²) < 4.78 is 26.1. The van der Waals surface area contributed by atoms with Crippen molar-refractivity contribution >= 4 is 31.9 Å². The van der Waals surface area contributed by atoms with Crippen LogP contribution in [-0.4, -0.2) is 12.2 Å². The molecule has 21 heavy (non-hydrogen) atoms. The van der Waals surface area contributed by atoms with Crippen LogP contribution in [-0.2, 0) is 0 Å². The maximum absolute atomic E-state index is 13.8. The Kier molecular flexibility index (Phi) is 5.24. The van der Waals surface area contributed by atoms with Gasteiger partial charge >= 0.3 is 0 Å². The summed E-state index contributed by atoms with van der Waals surface area (Å²) in [5.41, 5.74) is 0.122. The average molecular weight is 420 g/mol. The van der Waals surface area contributed by atoms with Gasteiger partial charge in [-0.3, -0.25) is 0 Å². The molecule has 3 nitrogen and oxygen atoms in total. The van der Waals surface area contributed by atoms with E-state index in [0.29, 0.717) is 20.4 Å². The number of methoxy groups -OCH3 is 1. The van der Waals surface area contributed by atoms with Crippen LogP contribution < -0.4 is 9.47 Å². The fraction of sp³-hybridized carbons (Fsp3) is 0.200. The molecule has 1 unspecified atom stereocenters. The van der Waals surface area contributed by atoms with E-state index < -0.39 is 11.9 Å². The molecule has 0 amide bonds. The molecule has 6 heteroatoms. The Bertz CT molecular complexity index is 660. The molecule has 0 aliphatic heterocycles. The number of hydrogen-bond donors (Lipinski definition) is 1. The molecule has 0 fully saturated rings. The third-order valence-corrected chi connectivity index (χ3v) is 4.10. The van der Waals surface area contributed by atoms with E-state index in [1.165, 1.54) is 19.1 Å². The number of hydrogen-bond acceptors (Lipinski definition) is 3. The van der Waals surface area contributed by atoms with Crippen LogP contribution in [0.25, 0.3) is 0 Å². The monoisotopic (exact) mass is 418 g/mol. The first kappa shape index (κ1) is 16.3. The van der Waals surface area contributed by atoms with Gasteiger partial charge < -0.3 is 14.6 Å². The minimum absolute atomic E-state index is 0.122. The van der Waals surface area contributed by atoms with E-state index >= 15 is 0 Å². The summed E-state index contributed by atoms with van der Waals surface area (Å²) >= 11 is 6.75. The number of rotatable bonds is 4. The Morgan fingerprint density at radius 2 is 1.71 bits per heavy atom. The first-order valence-corrected chi connectivity index (χ1v) is 7.70. The predicted molar refractivity (Wildman–Crippen MR) is 85.5 cm³/mol. The molecule has 2 aromatic rings. The van der Waals surface area contributed by atoms with Crippen LogP contribution in [0.5, 0.6) is 17.2 Å². The fourth-order valence-electron chi connectivity index (χ4n) is 1.88. The Labute approximate surface area is 139 Å². The van der Waals surface area contributed by atoms with Crippen LogP contribution in [0.3, 0.4) is 0 Å². The molecule has 0 aliphatic carbocycles. The van der Waals surface area contributed by atoms with Crippen molar-refractivity contribution in [3.05, 3.63) is 50.7 Å². The van der Waals surface area contributed by atoms with E-state index in [9.17, 15) is 9.50 Å². The van der Waals surface area contributed by atoms with Gasteiger partial charge in [0.05, 0.1) is 27.7 Å². The number of ether oxygens (including phenoxy) is 2. The first-order chi connectivity index (χ1) is 9.93. The van der Waals surface area contributed by atoms with Crippen LogP contribution >= 0.6 is 31.9 Å². The zero-order chi connectivity index (χ0) is 15.6. The minimum Gasteiger partial charge on any atom is -0.496 e. The molecule has 0 radical (unpaired) electrons. The van der Waals surface area contributed by atoms with Gasteiger partial charge in [0, 0.05) is 0 Å². The SMILES string of the molecule is COc1cc(Br)c(Oc2cccc(F)c2C(C)O)cc1Br. The molecule has 1 N–H and O–H groups in total. The molecule has 0 aliphatic rings. The summed E-state index contributed by atoms with van der Waals surface area (Å²) in [4.78, 5) is 0. The van der Waals surface area contributed by atoms with Gasteiger partial charge in [-0.2, -0.15) is 0 Å². The quantitative estimate of drug-likeness (QED) is 0.739. The molecular formula is C15H13Br2FO3. The smallest absolute Gasteiger partial charge is 0.143 e. The minimum atomic E-state index is -0.971. The van der Waals surface area contributed by atoms with Crippen molar-refractivity contribution in [2.45, 2.75) is 13.0 Å². The molecule has 2 aromatic carbocycles. The van der Waals surface area contributed by atoms with E-state index in [4.69, 9.17) is 9.47 Å². The van der Waals surface area contributed by atoms with Crippen molar-refractivity contribution in [3.63, 3.8) is 0 Å². The van der Waals surface area contributed by atoms with Crippen molar-refractivity contribution in [3.8, 4) is 17.2 Å². The number of benzene rings is 2. The van der Waals surface area contributed by atoms with Crippen molar-refractivity contribution < 1.29 is 19.0 Å². The first-order valence-electron chi connectivity index (χ1n) is 6.11. The highest BCUT2D eigenvalue weighted by Crippen LogP contribution is 2.40. The molecule has 2 rings (SSSR count). The number of halogens is 3. The number of aliphatic hydroxyl groups is 1. The second kappa shape index (κ2) is 6.77. The Morgan fingerprint density at radius 3 is 2.33 bits per heavy atom. The molecule has 1 atom stereocenters. The van der Waals surface area contributed by atoms with Gasteiger partial charge in [-0.15, -0.1) is 0 Å². The summed E-state index contributed by atoms with van der Waals surface area (Å²) in [7, 11) is 1.56. The standard InChI is InChI=1S/C15H13Br2FO3/c1-8(19)15-11(18)4-3-5-12(15)21-14-7-9(16)13(20-2)6-10(14)17/h3-8,19H,1-2H3. The fourth-order valence-corrected chi connectivity index (χ4v) is 2.76. The van der Waals surface area contributed by atoms with Gasteiger partial charge in [0.25, 0.3) is 0 Å². The van der Waals surface area contributed by atoms with E-state index in [1.807, 2.05) is 0 Å². The topological polar surface area (TPSA) is 38.7 Å². The Hall–Kier alpha value is -1.11. The van der Waals surface area contributed by atoms with Gasteiger partial charge in [0.15, 0.2) is 0 Å². The van der Waals surface area contributed by atoms with Gasteiger partial charge in [-0.05, 0) is 63.0 Å². The Balaban J connectivity index is 2.44. The van der Waals surface area contributed by atoms with Gasteiger partial charge in [0.1, 0.15) is 23.1 Å². The number of aliphatic hydroxyl groups excluding tert-OH is 1. The van der Waals surface area contributed by atoms with Crippen molar-refractivity contribution in [2.24, 2.45) is 0 Å². The van der Waals surface area contributed by atoms with E-state index in [0.717, 1.165) is 0 Å². The van der Waals surface area contributed by atoms with Crippen LogP contribution in [0.15, 0.2) is 39.3 Å². The maximum atomic E-state index is 13.8. The zero-order valence-electron chi connectivity index (χ0n) is 11.4. The lowest BCUT2D eigenvalue weighted by Gasteiger charge is -2.15. The predicted octanol–water partition coefficient (Wildman–Crippen LogP) is 5.20. The second-order valence-electron chi connectivity index (χ2n) is 4.35. The highest BCUT2D eigenvalue weighted by molar-refractivity contribution is 9.11. The molecule has 0 saturated heterocycles. The lowest BCUT2D eigenvalue weighted by atomic mass is 10.1. The van der Waals surface area contributed by atoms with Gasteiger partial charge in [0.2, 0.25) is 0 Å². The molecular weight excluding hydrogens is 407 g/mol. The molecule has 112 valence electrons. The summed E-state index contributed by atoms with van der Waals surface area (Å²) in [6.45, 7) is 1.49. The highest BCUT2D eigenvalue weighted by atomic mass is 79.9. The van der Waals surface area contributed by atoms with E-state index in [-0.39, 0.29) is 11.3 Å². The Morgan fingerprint density at radius 1 is 1.10 bits per heavy atom. The van der Waals surface area contributed by atoms with Crippen molar-refractivity contribution in [2.75, 3.05) is 7.11 Å². The van der Waals surface area contributed by atoms with E-state index in [2.05, 4.69) is 31.9 Å². The lowest BCUT2D eigenvalue weighted by molar-refractivity contribution is 0.190. The molecule has 0 aromatic heterocycles. The van der Waals surface area contributed by atoms with Crippen LogP contribution in [0.4, 0.5) is 4.39 Å². The van der Waals surface area contributed by atoms with Crippen LogP contribution in [0.1, 0.15) is 18.6 Å². The summed E-state index contributed by atoms with van der Waals surface area (Å²) in [6, 6.07) is 7.87. The maximum Gasteiger partial charge on any atom is 0.143 e. The third-order valence-electron chi connectivity index (χ3n) is 2.86. The van der Waals surface area contributed by atoms with Gasteiger partial charge in [-0.1, -0.05) is 6.07 Å². The normalized spacial score (nSPS) is 12.1. The highest BCUT2D eigenvalue weighted by Gasteiger charge is 2.17. The average Bonchev–Trinajstić information content (AvgIpc) is 2.42. The summed E-state index contributed by atoms with van der Waals surface area (Å²) in [6.07, 6.45) is -0.971. The van der Waals surface area contributed by atoms with Gasteiger partial charge in [-0.25, -0.2) is 4.39 Å². The van der Waals surface area contributed by atoms with Crippen molar-refractivity contribution in [1.29, 1.82) is 0 Å². The molecule has 0 heterocycles. The molecule has 0 saturated carbocycles. The third kappa shape index (κ3) is 3.56. The lowest BCUT2D eigenvalue weighted by Crippen LogP contribution is -2.00. The summed E-state index contributed by atoms with van der Waals surface area (Å²) in [5, 5.41) is 9.71. The molecule has 0 spiro atoms. The van der Waals surface area contributed by atoms with Crippen LogP contribution in [0.2, 0.25) is 0 Å².